The number of esters is 2. The first kappa shape index (κ1) is 16.3. The van der Waals surface area contributed by atoms with E-state index in [2.05, 4.69) is 13.2 Å². The van der Waals surface area contributed by atoms with Crippen molar-refractivity contribution in [3.05, 3.63) is 24.3 Å². The molecule has 0 aliphatic rings. The molecular formula is C12H18O6. The van der Waals surface area contributed by atoms with Crippen LogP contribution in [0, 0.1) is 0 Å². The van der Waals surface area contributed by atoms with Gasteiger partial charge >= 0.3 is 11.9 Å². The van der Waals surface area contributed by atoms with Crippen LogP contribution < -0.4 is 0 Å². The third-order valence-electron chi connectivity index (χ3n) is 1.95. The Kier molecular flexibility index (Phi) is 8.51. The summed E-state index contributed by atoms with van der Waals surface area (Å²) >= 11 is 0. The zero-order valence-electron chi connectivity index (χ0n) is 10.2. The standard InChI is InChI=1S/C12H18O6/c1-9(3-5-13)11(15)17-7-8-18-12(16)10(2)4-6-14/h13-14H,1-8H2. The number of carbonyl (C=O) groups excluding carboxylic acids is 2. The average molecular weight is 258 g/mol. The van der Waals surface area contributed by atoms with Gasteiger partial charge in [-0.05, 0) is 0 Å². The summed E-state index contributed by atoms with van der Waals surface area (Å²) in [6.07, 6.45) is 0.290. The summed E-state index contributed by atoms with van der Waals surface area (Å²) in [6, 6.07) is 0. The lowest BCUT2D eigenvalue weighted by molar-refractivity contribution is -0.147. The highest BCUT2D eigenvalue weighted by molar-refractivity contribution is 5.88. The Balaban J connectivity index is 3.73. The van der Waals surface area contributed by atoms with Crippen molar-refractivity contribution in [1.29, 1.82) is 0 Å². The monoisotopic (exact) mass is 258 g/mol. The lowest BCUT2D eigenvalue weighted by atomic mass is 10.2. The van der Waals surface area contributed by atoms with Crippen LogP contribution >= 0.6 is 0 Å². The largest absolute Gasteiger partial charge is 0.459 e. The number of aliphatic hydroxyl groups is 2. The molecule has 0 saturated heterocycles. The number of carbonyl (C=O) groups is 2. The van der Waals surface area contributed by atoms with Gasteiger partial charge in [0.25, 0.3) is 0 Å². The van der Waals surface area contributed by atoms with Gasteiger partial charge in [0, 0.05) is 37.2 Å². The van der Waals surface area contributed by atoms with Crippen molar-refractivity contribution in [3.63, 3.8) is 0 Å². The second-order valence-electron chi connectivity index (χ2n) is 3.43. The third kappa shape index (κ3) is 6.82. The first-order valence-corrected chi connectivity index (χ1v) is 5.44. The van der Waals surface area contributed by atoms with E-state index in [1.807, 2.05) is 0 Å². The molecule has 0 aromatic rings. The molecule has 0 amide bonds. The van der Waals surface area contributed by atoms with Gasteiger partial charge in [0.15, 0.2) is 0 Å². The molecule has 2 N–H and O–H groups in total. The molecule has 0 spiro atoms. The molecule has 0 aromatic heterocycles. The van der Waals surface area contributed by atoms with Crippen LogP contribution in [0.15, 0.2) is 24.3 Å². The molecule has 0 radical (unpaired) electrons. The van der Waals surface area contributed by atoms with Crippen LogP contribution in [0.3, 0.4) is 0 Å². The van der Waals surface area contributed by atoms with Crippen molar-refractivity contribution in [2.75, 3.05) is 26.4 Å². The number of hydrogen-bond donors (Lipinski definition) is 2. The van der Waals surface area contributed by atoms with Gasteiger partial charge in [0.2, 0.25) is 0 Å². The second kappa shape index (κ2) is 9.38. The van der Waals surface area contributed by atoms with Gasteiger partial charge in [0.05, 0.1) is 0 Å². The van der Waals surface area contributed by atoms with Gasteiger partial charge in [-0.2, -0.15) is 0 Å². The van der Waals surface area contributed by atoms with Crippen LogP contribution in [0.5, 0.6) is 0 Å². The van der Waals surface area contributed by atoms with E-state index < -0.39 is 11.9 Å². The molecule has 0 rings (SSSR count). The summed E-state index contributed by atoms with van der Waals surface area (Å²) in [6.45, 7) is 6.31. The van der Waals surface area contributed by atoms with E-state index >= 15 is 0 Å². The predicted molar refractivity (Wildman–Crippen MR) is 63.6 cm³/mol. The average Bonchev–Trinajstić information content (AvgIpc) is 2.34. The van der Waals surface area contributed by atoms with Gasteiger partial charge in [-0.1, -0.05) is 13.2 Å². The zero-order chi connectivity index (χ0) is 14.0. The van der Waals surface area contributed by atoms with E-state index in [0.717, 1.165) is 0 Å². The van der Waals surface area contributed by atoms with E-state index in [4.69, 9.17) is 19.7 Å². The first-order chi connectivity index (χ1) is 8.52. The van der Waals surface area contributed by atoms with E-state index in [9.17, 15) is 9.59 Å². The Hall–Kier alpha value is -1.66. The Morgan fingerprint density at radius 2 is 1.17 bits per heavy atom. The van der Waals surface area contributed by atoms with Crippen molar-refractivity contribution in [1.82, 2.24) is 0 Å². The molecule has 0 aromatic carbocycles. The molecule has 0 atom stereocenters. The molecule has 6 heteroatoms. The SMILES string of the molecule is C=C(CCO)C(=O)OCCOC(=O)C(=C)CCO. The summed E-state index contributed by atoms with van der Waals surface area (Å²) in [5.41, 5.74) is 0.321. The predicted octanol–water partition coefficient (Wildman–Crippen LogP) is -0.0500. The van der Waals surface area contributed by atoms with Gasteiger partial charge in [-0.25, -0.2) is 9.59 Å². The number of ether oxygens (including phenoxy) is 2. The van der Waals surface area contributed by atoms with Crippen molar-refractivity contribution >= 4 is 11.9 Å². The Morgan fingerprint density at radius 3 is 1.44 bits per heavy atom. The summed E-state index contributed by atoms with van der Waals surface area (Å²) in [7, 11) is 0. The fraction of sp³-hybridized carbons (Fsp3) is 0.500. The number of rotatable bonds is 9. The van der Waals surface area contributed by atoms with Crippen molar-refractivity contribution < 1.29 is 29.3 Å². The van der Waals surface area contributed by atoms with Crippen LogP contribution in [-0.2, 0) is 19.1 Å². The minimum absolute atomic E-state index is 0.0958. The van der Waals surface area contributed by atoms with Gasteiger partial charge in [-0.3, -0.25) is 0 Å². The molecule has 0 fully saturated rings. The Labute approximate surface area is 106 Å². The third-order valence-corrected chi connectivity index (χ3v) is 1.95. The number of aliphatic hydroxyl groups excluding tert-OH is 2. The smallest absolute Gasteiger partial charge is 0.333 e. The minimum Gasteiger partial charge on any atom is -0.459 e. The number of hydrogen-bond acceptors (Lipinski definition) is 6. The van der Waals surface area contributed by atoms with Crippen molar-refractivity contribution in [2.45, 2.75) is 12.8 Å². The van der Waals surface area contributed by atoms with Gasteiger partial charge in [0.1, 0.15) is 13.2 Å². The summed E-state index contributed by atoms with van der Waals surface area (Å²) in [5, 5.41) is 17.1. The van der Waals surface area contributed by atoms with Gasteiger partial charge in [-0.15, -0.1) is 0 Å². The maximum absolute atomic E-state index is 11.2. The molecule has 0 aliphatic heterocycles. The highest BCUT2D eigenvalue weighted by atomic mass is 16.6. The lowest BCUT2D eigenvalue weighted by Crippen LogP contribution is -2.16. The fourth-order valence-electron chi connectivity index (χ4n) is 0.947. The highest BCUT2D eigenvalue weighted by Crippen LogP contribution is 2.01. The Morgan fingerprint density at radius 1 is 0.833 bits per heavy atom. The van der Waals surface area contributed by atoms with E-state index in [1.165, 1.54) is 0 Å². The highest BCUT2D eigenvalue weighted by Gasteiger charge is 2.10. The Bertz CT molecular complexity index is 289. The molecule has 0 aliphatic carbocycles. The van der Waals surface area contributed by atoms with Gasteiger partial charge < -0.3 is 19.7 Å². The first-order valence-electron chi connectivity index (χ1n) is 5.44. The lowest BCUT2D eigenvalue weighted by Gasteiger charge is -2.08. The maximum Gasteiger partial charge on any atom is 0.333 e. The normalized spacial score (nSPS) is 9.67. The van der Waals surface area contributed by atoms with Crippen LogP contribution in [-0.4, -0.2) is 48.6 Å². The van der Waals surface area contributed by atoms with Crippen LogP contribution in [0.4, 0.5) is 0 Å². The van der Waals surface area contributed by atoms with Crippen LogP contribution in [0.1, 0.15) is 12.8 Å². The summed E-state index contributed by atoms with van der Waals surface area (Å²) in [5.74, 6) is -1.26. The molecule has 6 nitrogen and oxygen atoms in total. The molecule has 0 unspecified atom stereocenters. The topological polar surface area (TPSA) is 93.1 Å². The van der Waals surface area contributed by atoms with E-state index in [-0.39, 0.29) is 50.4 Å². The van der Waals surface area contributed by atoms with Crippen LogP contribution in [0.25, 0.3) is 0 Å². The summed E-state index contributed by atoms with van der Waals surface area (Å²) < 4.78 is 9.48. The zero-order valence-corrected chi connectivity index (χ0v) is 10.2. The van der Waals surface area contributed by atoms with Crippen molar-refractivity contribution in [2.24, 2.45) is 0 Å². The second-order valence-corrected chi connectivity index (χ2v) is 3.43. The molecule has 0 bridgehead atoms. The molecule has 102 valence electrons. The van der Waals surface area contributed by atoms with Crippen molar-refractivity contribution in [3.8, 4) is 0 Å². The molecule has 18 heavy (non-hydrogen) atoms. The summed E-state index contributed by atoms with van der Waals surface area (Å²) in [4.78, 5) is 22.4. The van der Waals surface area contributed by atoms with E-state index in [1.54, 1.807) is 0 Å². The fourth-order valence-corrected chi connectivity index (χ4v) is 0.947. The van der Waals surface area contributed by atoms with Crippen LogP contribution in [0.2, 0.25) is 0 Å². The molecular weight excluding hydrogens is 240 g/mol. The molecule has 0 heterocycles. The quantitative estimate of drug-likeness (QED) is 0.342. The maximum atomic E-state index is 11.2. The molecule has 0 saturated carbocycles. The van der Waals surface area contributed by atoms with E-state index in [0.29, 0.717) is 0 Å². The minimum atomic E-state index is -0.630.